The minimum Gasteiger partial charge on any atom is -0.496 e. The van der Waals surface area contributed by atoms with Crippen LogP contribution in [0.1, 0.15) is 24.0 Å². The Hall–Kier alpha value is -4.11. The van der Waals surface area contributed by atoms with Crippen molar-refractivity contribution >= 4 is 22.6 Å². The number of hydrogen-bond donors (Lipinski definition) is 2. The van der Waals surface area contributed by atoms with Crippen LogP contribution in [0.25, 0.3) is 21.9 Å². The Balaban J connectivity index is 1.45. The molecule has 0 radical (unpaired) electrons. The zero-order chi connectivity index (χ0) is 35.7. The first-order valence-corrected chi connectivity index (χ1v) is 15.6. The molecule has 0 spiro atoms. The first kappa shape index (κ1) is 36.2. The number of carboxylic acid groups (broad SMARTS) is 1. The van der Waals surface area contributed by atoms with Crippen LogP contribution in [0.2, 0.25) is 0 Å². The second-order valence-corrected chi connectivity index (χ2v) is 12.5. The van der Waals surface area contributed by atoms with E-state index in [1.165, 1.54) is 14.2 Å². The van der Waals surface area contributed by atoms with Crippen LogP contribution in [0.5, 0.6) is 11.5 Å². The van der Waals surface area contributed by atoms with E-state index in [4.69, 9.17) is 9.47 Å². The molecule has 0 bridgehead atoms. The molecule has 8 nitrogen and oxygen atoms in total. The van der Waals surface area contributed by atoms with Gasteiger partial charge in [0.05, 0.1) is 26.3 Å². The monoisotopic (exact) mass is 699 g/mol. The highest BCUT2D eigenvalue weighted by molar-refractivity contribution is 6.01. The maximum atomic E-state index is 14.4. The highest BCUT2D eigenvalue weighted by Gasteiger charge is 2.61. The van der Waals surface area contributed by atoms with Gasteiger partial charge in [0, 0.05) is 31.6 Å². The van der Waals surface area contributed by atoms with Crippen molar-refractivity contribution in [3.8, 4) is 22.6 Å². The van der Waals surface area contributed by atoms with Crippen LogP contribution in [0.3, 0.4) is 0 Å². The van der Waals surface area contributed by atoms with Gasteiger partial charge in [0.1, 0.15) is 29.1 Å². The van der Waals surface area contributed by atoms with E-state index in [0.717, 1.165) is 10.5 Å². The van der Waals surface area contributed by atoms with Crippen molar-refractivity contribution < 1.29 is 54.9 Å². The molecule has 0 unspecified atom stereocenters. The number of benzene rings is 3. The van der Waals surface area contributed by atoms with Crippen molar-refractivity contribution in [2.75, 3.05) is 46.9 Å². The summed E-state index contributed by atoms with van der Waals surface area (Å²) in [5, 5.41) is 13.3. The minimum atomic E-state index is -5.13. The van der Waals surface area contributed by atoms with E-state index in [2.05, 4.69) is 5.32 Å². The number of carboxylic acids is 1. The molecular formula is C34H36F7N3O5. The Morgan fingerprint density at radius 2 is 1.57 bits per heavy atom. The lowest BCUT2D eigenvalue weighted by molar-refractivity contribution is -0.236. The molecule has 3 aromatic rings. The molecular weight excluding hydrogens is 663 g/mol. The van der Waals surface area contributed by atoms with Gasteiger partial charge in [0.25, 0.3) is 0 Å². The van der Waals surface area contributed by atoms with E-state index in [0.29, 0.717) is 58.6 Å². The number of alkyl halides is 7. The maximum absolute atomic E-state index is 14.4. The van der Waals surface area contributed by atoms with Gasteiger partial charge >= 0.3 is 18.3 Å². The molecule has 2 fully saturated rings. The summed E-state index contributed by atoms with van der Waals surface area (Å²) in [4.78, 5) is 28.4. The summed E-state index contributed by atoms with van der Waals surface area (Å²) >= 11 is 0. The SMILES string of the molecule is COc1ccc(CN2CC(F)C2)c(OC)c1-c1cccc2c(C[C@H](NC(=O)C3(C(F)(F)F)CCN(CC(F)(F)F)CC3)C(=O)O)cccc12. The van der Waals surface area contributed by atoms with Crippen molar-refractivity contribution in [2.45, 2.75) is 50.4 Å². The number of likely N-dealkylation sites (tertiary alicyclic amines) is 2. The number of fused-ring (bicyclic) bond motifs is 1. The van der Waals surface area contributed by atoms with Gasteiger partial charge in [-0.15, -0.1) is 0 Å². The van der Waals surface area contributed by atoms with Crippen LogP contribution in [-0.2, 0) is 22.6 Å². The Morgan fingerprint density at radius 1 is 0.918 bits per heavy atom. The number of hydrogen-bond acceptors (Lipinski definition) is 6. The second kappa shape index (κ2) is 14.0. The molecule has 1 amide bonds. The van der Waals surface area contributed by atoms with Crippen molar-refractivity contribution in [3.05, 3.63) is 59.7 Å². The predicted molar refractivity (Wildman–Crippen MR) is 166 cm³/mol. The number of aliphatic carboxylic acids is 1. The van der Waals surface area contributed by atoms with Crippen molar-refractivity contribution in [3.63, 3.8) is 0 Å². The Labute approximate surface area is 277 Å². The Kier molecular flexibility index (Phi) is 10.4. The molecule has 5 rings (SSSR count). The Bertz CT molecular complexity index is 1680. The number of nitrogens with zero attached hydrogens (tertiary/aromatic N) is 2. The van der Waals surface area contributed by atoms with Crippen LogP contribution in [0, 0.1) is 5.41 Å². The van der Waals surface area contributed by atoms with Crippen molar-refractivity contribution in [1.29, 1.82) is 0 Å². The van der Waals surface area contributed by atoms with E-state index in [9.17, 15) is 45.4 Å². The zero-order valence-corrected chi connectivity index (χ0v) is 26.8. The van der Waals surface area contributed by atoms with Crippen LogP contribution in [0.4, 0.5) is 30.7 Å². The second-order valence-electron chi connectivity index (χ2n) is 12.5. The maximum Gasteiger partial charge on any atom is 0.403 e. The fraction of sp³-hybridized carbons (Fsp3) is 0.471. The molecule has 3 aromatic carbocycles. The van der Waals surface area contributed by atoms with Gasteiger partial charge in [0.15, 0.2) is 0 Å². The average Bonchev–Trinajstić information content (AvgIpc) is 3.02. The standard InChI is InChI=1S/C34H36F7N3O5/c1-48-27-10-9-21(16-44-17-22(35)18-44)29(49-2)28(27)25-8-4-6-23-20(5-3-7-24(23)25)15-26(30(45)46)42-31(47)32(34(39,40)41)11-13-43(14-12-32)19-33(36,37)38/h3-10,22,26H,11-19H2,1-2H3,(H,42,47)(H,45,46)/t26-/m0/s1. The summed E-state index contributed by atoms with van der Waals surface area (Å²) < 4.78 is 107. The third kappa shape index (κ3) is 7.57. The average molecular weight is 700 g/mol. The predicted octanol–water partition coefficient (Wildman–Crippen LogP) is 6.00. The van der Waals surface area contributed by atoms with Crippen molar-refractivity contribution in [1.82, 2.24) is 15.1 Å². The molecule has 2 saturated heterocycles. The summed E-state index contributed by atoms with van der Waals surface area (Å²) in [5.74, 6) is -2.20. The van der Waals surface area contributed by atoms with E-state index >= 15 is 0 Å². The third-order valence-electron chi connectivity index (χ3n) is 9.33. The van der Waals surface area contributed by atoms with Gasteiger partial charge in [-0.2, -0.15) is 26.3 Å². The van der Waals surface area contributed by atoms with E-state index in [1.807, 2.05) is 17.0 Å². The van der Waals surface area contributed by atoms with E-state index in [-0.39, 0.29) is 6.42 Å². The molecule has 2 heterocycles. The quantitative estimate of drug-likeness (QED) is 0.238. The molecule has 2 N–H and O–H groups in total. The lowest BCUT2D eigenvalue weighted by Crippen LogP contribution is -2.59. The Morgan fingerprint density at radius 3 is 2.14 bits per heavy atom. The first-order valence-electron chi connectivity index (χ1n) is 15.6. The molecule has 266 valence electrons. The van der Waals surface area contributed by atoms with Crippen LogP contribution < -0.4 is 14.8 Å². The summed E-state index contributed by atoms with van der Waals surface area (Å²) in [6, 6.07) is 12.1. The van der Waals surface area contributed by atoms with Gasteiger partial charge < -0.3 is 19.9 Å². The summed E-state index contributed by atoms with van der Waals surface area (Å²) in [6.45, 7) is -1.68. The molecule has 0 saturated carbocycles. The van der Waals surface area contributed by atoms with Gasteiger partial charge in [0.2, 0.25) is 5.91 Å². The smallest absolute Gasteiger partial charge is 0.403 e. The number of amides is 1. The molecule has 2 aliphatic heterocycles. The van der Waals surface area contributed by atoms with Crippen LogP contribution in [0.15, 0.2) is 48.5 Å². The van der Waals surface area contributed by atoms with Gasteiger partial charge in [-0.25, -0.2) is 9.18 Å². The number of piperidine rings is 1. The fourth-order valence-corrected chi connectivity index (χ4v) is 6.74. The van der Waals surface area contributed by atoms with Crippen LogP contribution >= 0.6 is 0 Å². The molecule has 1 atom stereocenters. The lowest BCUT2D eigenvalue weighted by Gasteiger charge is -2.42. The lowest BCUT2D eigenvalue weighted by atomic mass is 9.76. The normalized spacial score (nSPS) is 18.1. The summed E-state index contributed by atoms with van der Waals surface area (Å²) in [6.07, 6.45) is -12.9. The minimum absolute atomic E-state index is 0.296. The number of ether oxygens (including phenoxy) is 2. The number of methoxy groups -OCH3 is 2. The van der Waals surface area contributed by atoms with Gasteiger partial charge in [-0.05, 0) is 53.9 Å². The summed E-state index contributed by atoms with van der Waals surface area (Å²) in [5.41, 5.74) is -0.603. The topological polar surface area (TPSA) is 91.3 Å². The third-order valence-corrected chi connectivity index (χ3v) is 9.33. The molecule has 15 heteroatoms. The summed E-state index contributed by atoms with van der Waals surface area (Å²) in [7, 11) is 2.99. The largest absolute Gasteiger partial charge is 0.496 e. The molecule has 49 heavy (non-hydrogen) atoms. The number of rotatable bonds is 11. The van der Waals surface area contributed by atoms with E-state index < -0.39 is 74.3 Å². The highest BCUT2D eigenvalue weighted by atomic mass is 19.4. The van der Waals surface area contributed by atoms with Crippen LogP contribution in [-0.4, -0.2) is 98.3 Å². The molecule has 0 aliphatic carbocycles. The number of carbonyl (C=O) groups excluding carboxylic acids is 1. The van der Waals surface area contributed by atoms with Gasteiger partial charge in [-0.3, -0.25) is 14.6 Å². The van der Waals surface area contributed by atoms with Crippen molar-refractivity contribution in [2.24, 2.45) is 5.41 Å². The highest BCUT2D eigenvalue weighted by Crippen LogP contribution is 2.47. The number of halogens is 7. The molecule has 0 aromatic heterocycles. The number of carbonyl (C=O) groups is 2. The van der Waals surface area contributed by atoms with Gasteiger partial charge in [-0.1, -0.05) is 42.5 Å². The first-order chi connectivity index (χ1) is 23.1. The molecule has 2 aliphatic rings. The van der Waals surface area contributed by atoms with E-state index in [1.54, 1.807) is 36.4 Å². The fourth-order valence-electron chi connectivity index (χ4n) is 6.74. The number of nitrogens with one attached hydrogen (secondary N) is 1. The zero-order valence-electron chi connectivity index (χ0n) is 26.8.